The van der Waals surface area contributed by atoms with Crippen molar-refractivity contribution < 1.29 is 4.92 Å². The molecule has 0 radical (unpaired) electrons. The van der Waals surface area contributed by atoms with E-state index in [1.807, 2.05) is 0 Å². The van der Waals surface area contributed by atoms with Crippen LogP contribution < -0.4 is 0 Å². The molecule has 0 saturated heterocycles. The molecular formula is C15H19N3O2. The fraction of sp³-hybridized carbons (Fsp3) is 0.400. The summed E-state index contributed by atoms with van der Waals surface area (Å²) in [5, 5.41) is 15.2. The molecule has 106 valence electrons. The van der Waals surface area contributed by atoms with Gasteiger partial charge in [0.1, 0.15) is 11.4 Å². The van der Waals surface area contributed by atoms with E-state index in [1.54, 1.807) is 18.5 Å². The lowest BCUT2D eigenvalue weighted by atomic mass is 10.0. The van der Waals surface area contributed by atoms with Gasteiger partial charge < -0.3 is 0 Å². The lowest BCUT2D eigenvalue weighted by Crippen LogP contribution is -2.04. The predicted molar refractivity (Wildman–Crippen MR) is 78.0 cm³/mol. The van der Waals surface area contributed by atoms with Gasteiger partial charge in [-0.2, -0.15) is 5.10 Å². The molecule has 20 heavy (non-hydrogen) atoms. The third-order valence-corrected chi connectivity index (χ3v) is 3.50. The van der Waals surface area contributed by atoms with Crippen molar-refractivity contribution in [2.24, 2.45) is 0 Å². The first-order valence-electron chi connectivity index (χ1n) is 6.67. The Balaban J connectivity index is 2.26. The zero-order valence-electron chi connectivity index (χ0n) is 12.3. The van der Waals surface area contributed by atoms with Crippen molar-refractivity contribution in [2.75, 3.05) is 0 Å². The minimum Gasteiger partial charge on any atom is -0.258 e. The molecule has 1 aromatic carbocycles. The van der Waals surface area contributed by atoms with Gasteiger partial charge in [-0.25, -0.2) is 0 Å². The summed E-state index contributed by atoms with van der Waals surface area (Å²) < 4.78 is 1.69. The molecule has 1 aromatic heterocycles. The van der Waals surface area contributed by atoms with Crippen LogP contribution in [-0.2, 0) is 6.54 Å². The number of hydrogen-bond acceptors (Lipinski definition) is 3. The third kappa shape index (κ3) is 2.71. The maximum atomic E-state index is 11.0. The average Bonchev–Trinajstić information content (AvgIpc) is 2.65. The molecule has 0 spiro atoms. The summed E-state index contributed by atoms with van der Waals surface area (Å²) in [6.07, 6.45) is 0. The van der Waals surface area contributed by atoms with E-state index < -0.39 is 0 Å². The largest absolute Gasteiger partial charge is 0.312 e. The fourth-order valence-corrected chi connectivity index (χ4v) is 2.29. The van der Waals surface area contributed by atoms with Crippen LogP contribution in [0.15, 0.2) is 24.3 Å². The molecule has 0 aliphatic carbocycles. The Morgan fingerprint density at radius 3 is 2.30 bits per heavy atom. The minimum atomic E-state index is -0.365. The van der Waals surface area contributed by atoms with Crippen LogP contribution in [0.4, 0.5) is 5.69 Å². The Morgan fingerprint density at radius 2 is 1.85 bits per heavy atom. The highest BCUT2D eigenvalue weighted by atomic mass is 16.6. The summed E-state index contributed by atoms with van der Waals surface area (Å²) in [6.45, 7) is 8.27. The van der Waals surface area contributed by atoms with Crippen molar-refractivity contribution in [1.29, 1.82) is 0 Å². The maximum absolute atomic E-state index is 11.0. The van der Waals surface area contributed by atoms with Gasteiger partial charge in [0, 0.05) is 0 Å². The molecule has 5 nitrogen and oxygen atoms in total. The summed E-state index contributed by atoms with van der Waals surface area (Å²) in [5.74, 6) is 0.499. The highest BCUT2D eigenvalue weighted by molar-refractivity contribution is 5.40. The van der Waals surface area contributed by atoms with Crippen LogP contribution >= 0.6 is 0 Å². The molecule has 0 atom stereocenters. The third-order valence-electron chi connectivity index (χ3n) is 3.50. The van der Waals surface area contributed by atoms with Crippen LogP contribution in [0, 0.1) is 24.0 Å². The molecule has 0 bridgehead atoms. The van der Waals surface area contributed by atoms with E-state index in [9.17, 15) is 10.1 Å². The van der Waals surface area contributed by atoms with Crippen LogP contribution in [0.3, 0.4) is 0 Å². The van der Waals surface area contributed by atoms with Gasteiger partial charge in [0.05, 0.1) is 11.5 Å². The summed E-state index contributed by atoms with van der Waals surface area (Å²) in [5.41, 5.74) is 3.55. The standard InChI is InChI=1S/C15H19N3O2/c1-10(2)14-7-5-13(6-8-14)9-17-12(4)15(18(19)20)11(3)16-17/h5-8,10H,9H2,1-4H3. The van der Waals surface area contributed by atoms with E-state index in [2.05, 4.69) is 43.2 Å². The molecule has 0 fully saturated rings. The van der Waals surface area contributed by atoms with Gasteiger partial charge in [-0.15, -0.1) is 0 Å². The van der Waals surface area contributed by atoms with Crippen LogP contribution in [0.5, 0.6) is 0 Å². The smallest absolute Gasteiger partial charge is 0.258 e. The minimum absolute atomic E-state index is 0.115. The number of hydrogen-bond donors (Lipinski definition) is 0. The SMILES string of the molecule is Cc1nn(Cc2ccc(C(C)C)cc2)c(C)c1[N+](=O)[O-]. The molecule has 1 heterocycles. The first-order chi connectivity index (χ1) is 9.40. The molecule has 5 heteroatoms. The molecular weight excluding hydrogens is 254 g/mol. The summed E-state index contributed by atoms with van der Waals surface area (Å²) in [7, 11) is 0. The lowest BCUT2D eigenvalue weighted by Gasteiger charge is -2.08. The van der Waals surface area contributed by atoms with Crippen molar-refractivity contribution >= 4 is 5.69 Å². The first-order valence-corrected chi connectivity index (χ1v) is 6.67. The second-order valence-electron chi connectivity index (χ2n) is 5.33. The first kappa shape index (κ1) is 14.2. The highest BCUT2D eigenvalue weighted by Gasteiger charge is 2.21. The Labute approximate surface area is 118 Å². The van der Waals surface area contributed by atoms with Crippen molar-refractivity contribution in [1.82, 2.24) is 9.78 Å². The van der Waals surface area contributed by atoms with E-state index in [0.717, 1.165) is 5.56 Å². The Morgan fingerprint density at radius 1 is 1.25 bits per heavy atom. The van der Waals surface area contributed by atoms with Gasteiger partial charge in [0.25, 0.3) is 0 Å². The highest BCUT2D eigenvalue weighted by Crippen LogP contribution is 2.23. The number of nitro groups is 1. The van der Waals surface area contributed by atoms with E-state index >= 15 is 0 Å². The van der Waals surface area contributed by atoms with Gasteiger partial charge in [-0.05, 0) is 30.9 Å². The topological polar surface area (TPSA) is 61.0 Å². The quantitative estimate of drug-likeness (QED) is 0.632. The molecule has 2 rings (SSSR count). The van der Waals surface area contributed by atoms with Gasteiger partial charge in [0.2, 0.25) is 0 Å². The fourth-order valence-electron chi connectivity index (χ4n) is 2.29. The molecule has 0 amide bonds. The van der Waals surface area contributed by atoms with E-state index in [4.69, 9.17) is 0 Å². The van der Waals surface area contributed by atoms with Crippen LogP contribution in [-0.4, -0.2) is 14.7 Å². The molecule has 0 aliphatic heterocycles. The van der Waals surface area contributed by atoms with Crippen LogP contribution in [0.2, 0.25) is 0 Å². The Bertz CT molecular complexity index is 627. The van der Waals surface area contributed by atoms with E-state index in [0.29, 0.717) is 23.9 Å². The van der Waals surface area contributed by atoms with Gasteiger partial charge in [0.15, 0.2) is 0 Å². The zero-order valence-corrected chi connectivity index (χ0v) is 12.3. The van der Waals surface area contributed by atoms with Gasteiger partial charge in [-0.3, -0.25) is 14.8 Å². The predicted octanol–water partition coefficient (Wildman–Crippen LogP) is 3.58. The summed E-state index contributed by atoms with van der Waals surface area (Å²) in [4.78, 5) is 10.6. The second kappa shape index (κ2) is 5.45. The molecule has 0 saturated carbocycles. The van der Waals surface area contributed by atoms with E-state index in [-0.39, 0.29) is 10.6 Å². The Kier molecular flexibility index (Phi) is 3.88. The number of nitrogens with zero attached hydrogens (tertiary/aromatic N) is 3. The van der Waals surface area contributed by atoms with Crippen molar-refractivity contribution in [3.05, 3.63) is 56.9 Å². The second-order valence-corrected chi connectivity index (χ2v) is 5.33. The summed E-state index contributed by atoms with van der Waals surface area (Å²) in [6, 6.07) is 8.30. The molecule has 2 aromatic rings. The van der Waals surface area contributed by atoms with Crippen molar-refractivity contribution in [3.8, 4) is 0 Å². The molecule has 0 aliphatic rings. The average molecular weight is 273 g/mol. The van der Waals surface area contributed by atoms with E-state index in [1.165, 1.54) is 5.56 Å². The maximum Gasteiger partial charge on any atom is 0.312 e. The van der Waals surface area contributed by atoms with Gasteiger partial charge in [-0.1, -0.05) is 38.1 Å². The molecule has 0 unspecified atom stereocenters. The van der Waals surface area contributed by atoms with Gasteiger partial charge >= 0.3 is 5.69 Å². The number of aromatic nitrogens is 2. The van der Waals surface area contributed by atoms with Crippen LogP contribution in [0.1, 0.15) is 42.3 Å². The monoisotopic (exact) mass is 273 g/mol. The lowest BCUT2D eigenvalue weighted by molar-refractivity contribution is -0.386. The van der Waals surface area contributed by atoms with Crippen molar-refractivity contribution in [2.45, 2.75) is 40.2 Å². The van der Waals surface area contributed by atoms with Crippen molar-refractivity contribution in [3.63, 3.8) is 0 Å². The number of aryl methyl sites for hydroxylation is 1. The number of benzene rings is 1. The van der Waals surface area contributed by atoms with Crippen LogP contribution in [0.25, 0.3) is 0 Å². The zero-order chi connectivity index (χ0) is 14.9. The number of rotatable bonds is 4. The Hall–Kier alpha value is -2.17. The molecule has 0 N–H and O–H groups in total. The normalized spacial score (nSPS) is 11.1. The summed E-state index contributed by atoms with van der Waals surface area (Å²) >= 11 is 0.